The van der Waals surface area contributed by atoms with Crippen molar-refractivity contribution in [2.24, 2.45) is 5.92 Å². The molecule has 92 valence electrons. The number of Topliss-reactive ketones (excluding diaryl/α,β-unsaturated/α-hetero) is 1. The van der Waals surface area contributed by atoms with E-state index >= 15 is 0 Å². The van der Waals surface area contributed by atoms with Crippen LogP contribution in [0.3, 0.4) is 0 Å². The summed E-state index contributed by atoms with van der Waals surface area (Å²) < 4.78 is 10.8. The van der Waals surface area contributed by atoms with Crippen LogP contribution < -0.4 is 0 Å². The lowest BCUT2D eigenvalue weighted by molar-refractivity contribution is 0.0216. The Balaban J connectivity index is 1.69. The van der Waals surface area contributed by atoms with E-state index in [0.29, 0.717) is 12.5 Å². The summed E-state index contributed by atoms with van der Waals surface area (Å²) in [6.07, 6.45) is 2.08. The molecule has 0 unspecified atom stereocenters. The van der Waals surface area contributed by atoms with Gasteiger partial charge in [-0.05, 0) is 18.8 Å². The first kappa shape index (κ1) is 12.3. The predicted molar refractivity (Wildman–Crippen MR) is 65.1 cm³/mol. The van der Waals surface area contributed by atoms with E-state index in [1.54, 1.807) is 0 Å². The third kappa shape index (κ3) is 3.95. The first-order chi connectivity index (χ1) is 8.36. The van der Waals surface area contributed by atoms with Crippen LogP contribution in [0, 0.1) is 5.92 Å². The van der Waals surface area contributed by atoms with Crippen LogP contribution in [-0.4, -0.2) is 32.2 Å². The summed E-state index contributed by atoms with van der Waals surface area (Å²) in [4.78, 5) is 11.7. The number of benzene rings is 1. The number of carbonyl (C=O) groups is 1. The van der Waals surface area contributed by atoms with E-state index in [4.69, 9.17) is 9.47 Å². The highest BCUT2D eigenvalue weighted by Crippen LogP contribution is 2.14. The largest absolute Gasteiger partial charge is 0.381 e. The SMILES string of the molecule is O=C(COCC1CCOCC1)c1ccccc1. The maximum atomic E-state index is 11.7. The van der Waals surface area contributed by atoms with Crippen molar-refractivity contribution in [1.29, 1.82) is 0 Å². The summed E-state index contributed by atoms with van der Waals surface area (Å²) in [7, 11) is 0. The van der Waals surface area contributed by atoms with Gasteiger partial charge in [-0.15, -0.1) is 0 Å². The Bertz CT molecular complexity index is 342. The van der Waals surface area contributed by atoms with Gasteiger partial charge in [-0.2, -0.15) is 0 Å². The Morgan fingerprint density at radius 2 is 1.94 bits per heavy atom. The summed E-state index contributed by atoms with van der Waals surface area (Å²) in [6.45, 7) is 2.49. The zero-order valence-corrected chi connectivity index (χ0v) is 9.93. The van der Waals surface area contributed by atoms with Crippen LogP contribution in [0.4, 0.5) is 0 Å². The molecular formula is C14H18O3. The summed E-state index contributed by atoms with van der Waals surface area (Å²) >= 11 is 0. The molecule has 0 saturated carbocycles. The minimum Gasteiger partial charge on any atom is -0.381 e. The maximum Gasteiger partial charge on any atom is 0.188 e. The van der Waals surface area contributed by atoms with Crippen LogP contribution in [0.15, 0.2) is 30.3 Å². The number of ether oxygens (including phenoxy) is 2. The predicted octanol–water partition coefficient (Wildman–Crippen LogP) is 2.31. The highest BCUT2D eigenvalue weighted by Gasteiger charge is 2.14. The van der Waals surface area contributed by atoms with Gasteiger partial charge in [-0.1, -0.05) is 30.3 Å². The van der Waals surface area contributed by atoms with Crippen molar-refractivity contribution in [1.82, 2.24) is 0 Å². The minimum atomic E-state index is 0.0534. The van der Waals surface area contributed by atoms with Gasteiger partial charge in [0.15, 0.2) is 5.78 Å². The standard InChI is InChI=1S/C14H18O3/c15-14(13-4-2-1-3-5-13)11-17-10-12-6-8-16-9-7-12/h1-5,12H,6-11H2. The Morgan fingerprint density at radius 3 is 2.65 bits per heavy atom. The summed E-state index contributed by atoms with van der Waals surface area (Å²) in [6, 6.07) is 9.28. The van der Waals surface area contributed by atoms with E-state index in [9.17, 15) is 4.79 Å². The highest BCUT2D eigenvalue weighted by molar-refractivity contribution is 5.96. The summed E-state index contributed by atoms with van der Waals surface area (Å²) in [5, 5.41) is 0. The van der Waals surface area contributed by atoms with Gasteiger partial charge in [0.2, 0.25) is 0 Å². The van der Waals surface area contributed by atoms with Crippen molar-refractivity contribution in [2.75, 3.05) is 26.4 Å². The van der Waals surface area contributed by atoms with Gasteiger partial charge < -0.3 is 9.47 Å². The highest BCUT2D eigenvalue weighted by atomic mass is 16.5. The molecule has 17 heavy (non-hydrogen) atoms. The van der Waals surface area contributed by atoms with Crippen LogP contribution >= 0.6 is 0 Å². The normalized spacial score (nSPS) is 16.9. The Hall–Kier alpha value is -1.19. The molecule has 1 saturated heterocycles. The van der Waals surface area contributed by atoms with Crippen LogP contribution in [0.25, 0.3) is 0 Å². The molecule has 0 atom stereocenters. The first-order valence-electron chi connectivity index (χ1n) is 6.10. The van der Waals surface area contributed by atoms with Gasteiger partial charge in [0.1, 0.15) is 6.61 Å². The van der Waals surface area contributed by atoms with E-state index in [2.05, 4.69) is 0 Å². The first-order valence-corrected chi connectivity index (χ1v) is 6.10. The van der Waals surface area contributed by atoms with E-state index < -0.39 is 0 Å². The van der Waals surface area contributed by atoms with Gasteiger partial charge in [-0.25, -0.2) is 0 Å². The zero-order chi connectivity index (χ0) is 11.9. The van der Waals surface area contributed by atoms with Gasteiger partial charge in [0.25, 0.3) is 0 Å². The average molecular weight is 234 g/mol. The van der Waals surface area contributed by atoms with Crippen molar-refractivity contribution in [2.45, 2.75) is 12.8 Å². The third-order valence-electron chi connectivity index (χ3n) is 3.02. The van der Waals surface area contributed by atoms with Crippen LogP contribution in [0.2, 0.25) is 0 Å². The molecule has 0 amide bonds. The molecule has 1 aliphatic rings. The maximum absolute atomic E-state index is 11.7. The van der Waals surface area contributed by atoms with E-state index in [1.165, 1.54) is 0 Å². The average Bonchev–Trinajstić information content (AvgIpc) is 2.41. The summed E-state index contributed by atoms with van der Waals surface area (Å²) in [5.74, 6) is 0.602. The van der Waals surface area contributed by atoms with Gasteiger partial charge in [-0.3, -0.25) is 4.79 Å². The van der Waals surface area contributed by atoms with E-state index in [1.807, 2.05) is 30.3 Å². The van der Waals surface area contributed by atoms with Crippen molar-refractivity contribution >= 4 is 5.78 Å². The Morgan fingerprint density at radius 1 is 1.24 bits per heavy atom. The van der Waals surface area contributed by atoms with Crippen LogP contribution in [0.1, 0.15) is 23.2 Å². The fourth-order valence-electron chi connectivity index (χ4n) is 1.94. The Labute approximate surface area is 102 Å². The second-order valence-electron chi connectivity index (χ2n) is 4.36. The summed E-state index contributed by atoms with van der Waals surface area (Å²) in [5.41, 5.74) is 0.722. The molecule has 1 aromatic rings. The van der Waals surface area contributed by atoms with Crippen LogP contribution in [0.5, 0.6) is 0 Å². The minimum absolute atomic E-state index is 0.0534. The third-order valence-corrected chi connectivity index (χ3v) is 3.02. The molecule has 3 heteroatoms. The molecule has 0 aliphatic carbocycles. The molecule has 0 aromatic heterocycles. The number of carbonyl (C=O) groups excluding carboxylic acids is 1. The molecule has 1 fully saturated rings. The number of ketones is 1. The molecule has 0 N–H and O–H groups in total. The molecular weight excluding hydrogens is 216 g/mol. The van der Waals surface area contributed by atoms with Gasteiger partial charge in [0.05, 0.1) is 6.61 Å². The number of hydrogen-bond donors (Lipinski definition) is 0. The number of rotatable bonds is 5. The molecule has 1 aromatic carbocycles. The van der Waals surface area contributed by atoms with Crippen LogP contribution in [-0.2, 0) is 9.47 Å². The van der Waals surface area contributed by atoms with Gasteiger partial charge in [0, 0.05) is 18.8 Å². The van der Waals surface area contributed by atoms with Crippen molar-refractivity contribution < 1.29 is 14.3 Å². The van der Waals surface area contributed by atoms with E-state index in [-0.39, 0.29) is 12.4 Å². The van der Waals surface area contributed by atoms with E-state index in [0.717, 1.165) is 31.6 Å². The van der Waals surface area contributed by atoms with Crippen molar-refractivity contribution in [3.05, 3.63) is 35.9 Å². The molecule has 0 radical (unpaired) electrons. The lowest BCUT2D eigenvalue weighted by Crippen LogP contribution is -2.21. The lowest BCUT2D eigenvalue weighted by Gasteiger charge is -2.21. The monoisotopic (exact) mass is 234 g/mol. The van der Waals surface area contributed by atoms with Crippen molar-refractivity contribution in [3.63, 3.8) is 0 Å². The van der Waals surface area contributed by atoms with Crippen molar-refractivity contribution in [3.8, 4) is 0 Å². The molecule has 1 heterocycles. The second kappa shape index (κ2) is 6.52. The molecule has 3 nitrogen and oxygen atoms in total. The lowest BCUT2D eigenvalue weighted by atomic mass is 10.0. The molecule has 0 spiro atoms. The second-order valence-corrected chi connectivity index (χ2v) is 4.36. The topological polar surface area (TPSA) is 35.5 Å². The smallest absolute Gasteiger partial charge is 0.188 e. The molecule has 0 bridgehead atoms. The Kier molecular flexibility index (Phi) is 4.71. The zero-order valence-electron chi connectivity index (χ0n) is 9.93. The fourth-order valence-corrected chi connectivity index (χ4v) is 1.94. The van der Waals surface area contributed by atoms with Gasteiger partial charge >= 0.3 is 0 Å². The fraction of sp³-hybridized carbons (Fsp3) is 0.500. The molecule has 1 aliphatic heterocycles. The molecule has 2 rings (SSSR count). The number of hydrogen-bond acceptors (Lipinski definition) is 3. The quantitative estimate of drug-likeness (QED) is 0.733.